The lowest BCUT2D eigenvalue weighted by Crippen LogP contribution is -1.94. The molecule has 0 fully saturated rings. The molecule has 0 aliphatic heterocycles. The molecule has 1 unspecified atom stereocenters. The van der Waals surface area contributed by atoms with Gasteiger partial charge in [-0.1, -0.05) is 88.0 Å². The van der Waals surface area contributed by atoms with Gasteiger partial charge in [-0.15, -0.1) is 6.42 Å². The van der Waals surface area contributed by atoms with Gasteiger partial charge in [-0.3, -0.25) is 0 Å². The molecule has 0 heterocycles. The molecule has 0 nitrogen and oxygen atoms in total. The Morgan fingerprint density at radius 2 is 1.83 bits per heavy atom. The summed E-state index contributed by atoms with van der Waals surface area (Å²) in [6.07, 6.45) is 25.2. The molecule has 0 saturated heterocycles. The molecule has 0 spiro atoms. The van der Waals surface area contributed by atoms with Crippen LogP contribution >= 0.6 is 0 Å². The van der Waals surface area contributed by atoms with E-state index in [0.717, 1.165) is 23.1 Å². The van der Waals surface area contributed by atoms with Crippen molar-refractivity contribution in [2.75, 3.05) is 0 Å². The molecule has 0 aromatic rings. The second-order valence-corrected chi connectivity index (χ2v) is 5.46. The van der Waals surface area contributed by atoms with E-state index < -0.39 is 0 Å². The molecule has 0 aromatic heterocycles. The van der Waals surface area contributed by atoms with Crippen LogP contribution in [0, 0.1) is 18.3 Å². The van der Waals surface area contributed by atoms with Gasteiger partial charge in [0, 0.05) is 0 Å². The summed E-state index contributed by atoms with van der Waals surface area (Å²) in [6.45, 7) is 14.3. The SMILES string of the molecule is C.C#C/C=C(\C=C/CC)C(/C=C\C(C)C(/C=C\C)=C/C(=C)C)=C/C. The van der Waals surface area contributed by atoms with E-state index in [1.165, 1.54) is 5.57 Å². The van der Waals surface area contributed by atoms with Gasteiger partial charge in [0.15, 0.2) is 0 Å². The van der Waals surface area contributed by atoms with Crippen molar-refractivity contribution in [3.63, 3.8) is 0 Å². The molecule has 0 aliphatic rings. The molecule has 0 aromatic carbocycles. The van der Waals surface area contributed by atoms with Gasteiger partial charge in [0.25, 0.3) is 0 Å². The Morgan fingerprint density at radius 3 is 2.29 bits per heavy atom. The van der Waals surface area contributed by atoms with Crippen molar-refractivity contribution in [1.82, 2.24) is 0 Å². The van der Waals surface area contributed by atoms with Crippen molar-refractivity contribution in [2.24, 2.45) is 5.92 Å². The van der Waals surface area contributed by atoms with Crippen LogP contribution in [0.3, 0.4) is 0 Å². The number of terminal acetylenes is 1. The van der Waals surface area contributed by atoms with Gasteiger partial charge in [0.1, 0.15) is 0 Å². The van der Waals surface area contributed by atoms with Gasteiger partial charge in [-0.05, 0) is 55.9 Å². The van der Waals surface area contributed by atoms with Crippen molar-refractivity contribution in [3.05, 3.63) is 83.6 Å². The highest BCUT2D eigenvalue weighted by Gasteiger charge is 2.03. The molecule has 0 radical (unpaired) electrons. The number of allylic oxidation sites excluding steroid dienone is 13. The van der Waals surface area contributed by atoms with E-state index in [4.69, 9.17) is 6.42 Å². The van der Waals surface area contributed by atoms with Gasteiger partial charge in [-0.2, -0.15) is 0 Å². The first-order chi connectivity index (χ1) is 11.0. The fourth-order valence-corrected chi connectivity index (χ4v) is 2.09. The van der Waals surface area contributed by atoms with Crippen molar-refractivity contribution in [1.29, 1.82) is 0 Å². The van der Waals surface area contributed by atoms with Crippen LogP contribution in [0.4, 0.5) is 0 Å². The molecule has 130 valence electrons. The lowest BCUT2D eigenvalue weighted by atomic mass is 9.95. The molecule has 1 atom stereocenters. The van der Waals surface area contributed by atoms with E-state index >= 15 is 0 Å². The minimum Gasteiger partial charge on any atom is -0.115 e. The fourth-order valence-electron chi connectivity index (χ4n) is 2.09. The molecule has 0 rings (SSSR count). The van der Waals surface area contributed by atoms with E-state index in [-0.39, 0.29) is 7.43 Å². The average Bonchev–Trinajstić information content (AvgIpc) is 2.51. The molecule has 0 aliphatic carbocycles. The summed E-state index contributed by atoms with van der Waals surface area (Å²) in [5.41, 5.74) is 4.51. The molecular weight excluding hydrogens is 288 g/mol. The van der Waals surface area contributed by atoms with Gasteiger partial charge in [-0.25, -0.2) is 0 Å². The number of hydrogen-bond donors (Lipinski definition) is 0. The third kappa shape index (κ3) is 9.70. The molecule has 0 N–H and O–H groups in total. The van der Waals surface area contributed by atoms with Crippen LogP contribution < -0.4 is 0 Å². The minimum atomic E-state index is 0. The zero-order chi connectivity index (χ0) is 17.7. The van der Waals surface area contributed by atoms with E-state index in [0.29, 0.717) is 5.92 Å². The van der Waals surface area contributed by atoms with E-state index in [9.17, 15) is 0 Å². The van der Waals surface area contributed by atoms with Crippen molar-refractivity contribution >= 4 is 0 Å². The summed E-state index contributed by atoms with van der Waals surface area (Å²) in [5, 5.41) is 0. The zero-order valence-corrected chi connectivity index (χ0v) is 15.3. The second kappa shape index (κ2) is 14.3. The Bertz CT molecular complexity index is 592. The Kier molecular flexibility index (Phi) is 14.3. The maximum absolute atomic E-state index is 5.45. The van der Waals surface area contributed by atoms with E-state index in [2.05, 4.69) is 75.0 Å². The highest BCUT2D eigenvalue weighted by atomic mass is 14.1. The van der Waals surface area contributed by atoms with Crippen LogP contribution in [-0.2, 0) is 0 Å². The van der Waals surface area contributed by atoms with Crippen molar-refractivity contribution in [2.45, 2.75) is 48.5 Å². The first-order valence-electron chi connectivity index (χ1n) is 8.17. The van der Waals surface area contributed by atoms with E-state index in [1.54, 1.807) is 0 Å². The van der Waals surface area contributed by atoms with E-state index in [1.807, 2.05) is 26.8 Å². The van der Waals surface area contributed by atoms with Gasteiger partial charge >= 0.3 is 0 Å². The lowest BCUT2D eigenvalue weighted by molar-refractivity contribution is 0.888. The normalized spacial score (nSPS) is 14.9. The summed E-state index contributed by atoms with van der Waals surface area (Å²) < 4.78 is 0. The molecule has 0 heteroatoms. The standard InChI is InChI=1S/C23H30.CH4/c1-8-12-15-22(13-9-2)21(11-4)17-16-20(7)23(14-10-3)18-19(5)6;/h2,10-18,20H,5,8H2,1,3-4,6-7H3;1H4/b14-10-,15-12-,17-16-,21-11+,22-13+,23-18+;. The number of rotatable bonds is 8. The zero-order valence-electron chi connectivity index (χ0n) is 15.3. The quantitative estimate of drug-likeness (QED) is 0.323. The summed E-state index contributed by atoms with van der Waals surface area (Å²) in [4.78, 5) is 0. The predicted molar refractivity (Wildman–Crippen MR) is 113 cm³/mol. The first-order valence-corrected chi connectivity index (χ1v) is 8.17. The van der Waals surface area contributed by atoms with Gasteiger partial charge < -0.3 is 0 Å². The first kappa shape index (κ1) is 24.0. The molecule has 0 amide bonds. The van der Waals surface area contributed by atoms with Crippen LogP contribution in [0.25, 0.3) is 0 Å². The monoisotopic (exact) mass is 322 g/mol. The van der Waals surface area contributed by atoms with Crippen LogP contribution in [0.1, 0.15) is 48.5 Å². The van der Waals surface area contributed by atoms with Crippen molar-refractivity contribution in [3.8, 4) is 12.3 Å². The molecule has 0 saturated carbocycles. The Labute approximate surface area is 150 Å². The Balaban J connectivity index is 0. The smallest absolute Gasteiger partial charge is 0.000713 e. The largest absolute Gasteiger partial charge is 0.115 e. The molecule has 0 bridgehead atoms. The summed E-state index contributed by atoms with van der Waals surface area (Å²) in [5.74, 6) is 2.93. The third-order valence-corrected chi connectivity index (χ3v) is 3.28. The van der Waals surface area contributed by atoms with Crippen LogP contribution in [0.15, 0.2) is 83.6 Å². The summed E-state index contributed by atoms with van der Waals surface area (Å²) in [6, 6.07) is 0. The third-order valence-electron chi connectivity index (χ3n) is 3.28. The average molecular weight is 323 g/mol. The maximum atomic E-state index is 5.45. The lowest BCUT2D eigenvalue weighted by Gasteiger charge is -2.10. The van der Waals surface area contributed by atoms with Crippen LogP contribution in [-0.4, -0.2) is 0 Å². The highest BCUT2D eigenvalue weighted by Crippen LogP contribution is 2.19. The second-order valence-electron chi connectivity index (χ2n) is 5.46. The predicted octanol–water partition coefficient (Wildman–Crippen LogP) is 7.37. The minimum absolute atomic E-state index is 0. The molecule has 24 heavy (non-hydrogen) atoms. The molecular formula is C24H34. The summed E-state index contributed by atoms with van der Waals surface area (Å²) >= 11 is 0. The van der Waals surface area contributed by atoms with Crippen LogP contribution in [0.2, 0.25) is 0 Å². The highest BCUT2D eigenvalue weighted by molar-refractivity contribution is 5.49. The maximum Gasteiger partial charge on any atom is -0.000713 e. The Morgan fingerprint density at radius 1 is 1.17 bits per heavy atom. The van der Waals surface area contributed by atoms with Crippen LogP contribution in [0.5, 0.6) is 0 Å². The fraction of sp³-hybridized carbons (Fsp3) is 0.333. The van der Waals surface area contributed by atoms with Crippen molar-refractivity contribution < 1.29 is 0 Å². The Hall–Kier alpha value is -2.26. The topological polar surface area (TPSA) is 0 Å². The van der Waals surface area contributed by atoms with Gasteiger partial charge in [0.05, 0.1) is 0 Å². The summed E-state index contributed by atoms with van der Waals surface area (Å²) in [7, 11) is 0. The van der Waals surface area contributed by atoms with Gasteiger partial charge in [0.2, 0.25) is 0 Å². The number of hydrogen-bond acceptors (Lipinski definition) is 0.